The number of rotatable bonds is 7. The number of amides is 1. The number of nitrogen functional groups attached to an aromatic ring is 1. The molecule has 1 aromatic rings. The second-order valence-electron chi connectivity index (χ2n) is 4.70. The molecule has 1 rings (SSSR count). The second-order valence-corrected chi connectivity index (χ2v) is 4.70. The Kier molecular flexibility index (Phi) is 6.52. The summed E-state index contributed by atoms with van der Waals surface area (Å²) in [6, 6.07) is 4.97. The Labute approximate surface area is 125 Å². The van der Waals surface area contributed by atoms with Crippen LogP contribution in [0, 0.1) is 0 Å². The molecule has 0 unspecified atom stereocenters. The van der Waals surface area contributed by atoms with E-state index in [1.54, 1.807) is 37.1 Å². The van der Waals surface area contributed by atoms with Crippen molar-refractivity contribution < 1.29 is 14.3 Å². The Morgan fingerprint density at radius 1 is 1.33 bits per heavy atom. The number of carbonyl (C=O) groups is 2. The van der Waals surface area contributed by atoms with Gasteiger partial charge in [-0.1, -0.05) is 6.92 Å². The maximum Gasteiger partial charge on any atom is 0.340 e. The highest BCUT2D eigenvalue weighted by Crippen LogP contribution is 2.23. The Morgan fingerprint density at radius 3 is 2.67 bits per heavy atom. The van der Waals surface area contributed by atoms with Crippen LogP contribution < -0.4 is 16.0 Å². The first-order valence-corrected chi connectivity index (χ1v) is 7.04. The van der Waals surface area contributed by atoms with Crippen LogP contribution in [0.4, 0.5) is 11.4 Å². The number of benzene rings is 1. The summed E-state index contributed by atoms with van der Waals surface area (Å²) in [4.78, 5) is 25.4. The standard InChI is InChI=1S/C15H23N3O3/c1-4-8-17-14(19)10-18(3)13-7-6-11(16)9-12(13)15(20)21-5-2/h6-7,9H,4-5,8,10,16H2,1-3H3,(H,17,19). The van der Waals surface area contributed by atoms with Crippen LogP contribution in [-0.2, 0) is 9.53 Å². The smallest absolute Gasteiger partial charge is 0.340 e. The van der Waals surface area contributed by atoms with Gasteiger partial charge in [0.05, 0.1) is 24.4 Å². The molecule has 0 heterocycles. The minimum absolute atomic E-state index is 0.0917. The van der Waals surface area contributed by atoms with Crippen molar-refractivity contribution in [1.29, 1.82) is 0 Å². The lowest BCUT2D eigenvalue weighted by Gasteiger charge is -2.21. The summed E-state index contributed by atoms with van der Waals surface area (Å²) < 4.78 is 5.02. The number of anilines is 2. The summed E-state index contributed by atoms with van der Waals surface area (Å²) in [5.41, 5.74) is 7.18. The Balaban J connectivity index is 2.90. The van der Waals surface area contributed by atoms with Gasteiger partial charge < -0.3 is 20.7 Å². The molecule has 0 saturated heterocycles. The maximum absolute atomic E-state index is 12.0. The van der Waals surface area contributed by atoms with E-state index in [1.807, 2.05) is 6.92 Å². The van der Waals surface area contributed by atoms with Crippen LogP contribution in [0.2, 0.25) is 0 Å². The monoisotopic (exact) mass is 293 g/mol. The molecule has 0 saturated carbocycles. The quantitative estimate of drug-likeness (QED) is 0.586. The zero-order valence-corrected chi connectivity index (χ0v) is 12.8. The number of ether oxygens (including phenoxy) is 1. The third-order valence-corrected chi connectivity index (χ3v) is 2.88. The SMILES string of the molecule is CCCNC(=O)CN(C)c1ccc(N)cc1C(=O)OCC. The average Bonchev–Trinajstić information content (AvgIpc) is 2.45. The Bertz CT molecular complexity index is 503. The van der Waals surface area contributed by atoms with Gasteiger partial charge in [-0.05, 0) is 31.5 Å². The van der Waals surface area contributed by atoms with Crippen molar-refractivity contribution in [2.75, 3.05) is 37.4 Å². The number of nitrogens with two attached hydrogens (primary N) is 1. The van der Waals surface area contributed by atoms with E-state index < -0.39 is 5.97 Å². The molecule has 1 amide bonds. The van der Waals surface area contributed by atoms with Crippen molar-refractivity contribution in [2.45, 2.75) is 20.3 Å². The third kappa shape index (κ3) is 4.98. The second kappa shape index (κ2) is 8.14. The highest BCUT2D eigenvalue weighted by atomic mass is 16.5. The fourth-order valence-corrected chi connectivity index (χ4v) is 1.88. The summed E-state index contributed by atoms with van der Waals surface area (Å²) in [6.07, 6.45) is 0.880. The first kappa shape index (κ1) is 16.8. The lowest BCUT2D eigenvalue weighted by atomic mass is 10.1. The number of hydrogen-bond acceptors (Lipinski definition) is 5. The first-order chi connectivity index (χ1) is 9.99. The van der Waals surface area contributed by atoms with Gasteiger partial charge in [-0.25, -0.2) is 4.79 Å². The molecule has 6 nitrogen and oxygen atoms in total. The lowest BCUT2D eigenvalue weighted by molar-refractivity contribution is -0.119. The molecule has 1 aromatic carbocycles. The Hall–Kier alpha value is -2.24. The first-order valence-electron chi connectivity index (χ1n) is 7.04. The van der Waals surface area contributed by atoms with Crippen LogP contribution in [0.1, 0.15) is 30.6 Å². The van der Waals surface area contributed by atoms with Crippen molar-refractivity contribution >= 4 is 23.3 Å². The van der Waals surface area contributed by atoms with E-state index in [0.717, 1.165) is 6.42 Å². The van der Waals surface area contributed by atoms with E-state index in [0.29, 0.717) is 23.5 Å². The van der Waals surface area contributed by atoms with Gasteiger partial charge >= 0.3 is 5.97 Å². The fourth-order valence-electron chi connectivity index (χ4n) is 1.88. The van der Waals surface area contributed by atoms with E-state index in [1.165, 1.54) is 0 Å². The molecule has 0 aromatic heterocycles. The number of carbonyl (C=O) groups excluding carboxylic acids is 2. The molecule has 21 heavy (non-hydrogen) atoms. The van der Waals surface area contributed by atoms with E-state index >= 15 is 0 Å². The maximum atomic E-state index is 12.0. The molecule has 6 heteroatoms. The van der Waals surface area contributed by atoms with Gasteiger partial charge in [0.15, 0.2) is 0 Å². The van der Waals surface area contributed by atoms with Crippen LogP contribution in [0.25, 0.3) is 0 Å². The van der Waals surface area contributed by atoms with Gasteiger partial charge in [0.2, 0.25) is 5.91 Å². The lowest BCUT2D eigenvalue weighted by Crippen LogP contribution is -2.36. The average molecular weight is 293 g/mol. The molecule has 0 aliphatic heterocycles. The number of nitrogens with zero attached hydrogens (tertiary/aromatic N) is 1. The van der Waals surface area contributed by atoms with Crippen LogP contribution in [0.3, 0.4) is 0 Å². The van der Waals surface area contributed by atoms with Crippen LogP contribution in [0.15, 0.2) is 18.2 Å². The van der Waals surface area contributed by atoms with Crippen LogP contribution in [0.5, 0.6) is 0 Å². The molecule has 0 bridgehead atoms. The van der Waals surface area contributed by atoms with E-state index in [9.17, 15) is 9.59 Å². The van der Waals surface area contributed by atoms with Crippen molar-refractivity contribution in [3.8, 4) is 0 Å². The molecule has 0 fully saturated rings. The largest absolute Gasteiger partial charge is 0.462 e. The normalized spacial score (nSPS) is 10.0. The highest BCUT2D eigenvalue weighted by molar-refractivity contribution is 5.97. The van der Waals surface area contributed by atoms with Crippen molar-refractivity contribution in [3.63, 3.8) is 0 Å². The number of esters is 1. The fraction of sp³-hybridized carbons (Fsp3) is 0.467. The van der Waals surface area contributed by atoms with Crippen molar-refractivity contribution in [2.24, 2.45) is 0 Å². The topological polar surface area (TPSA) is 84.7 Å². The van der Waals surface area contributed by atoms with Crippen molar-refractivity contribution in [1.82, 2.24) is 5.32 Å². The van der Waals surface area contributed by atoms with Gasteiger partial charge in [0.25, 0.3) is 0 Å². The third-order valence-electron chi connectivity index (χ3n) is 2.88. The molecule has 0 aliphatic carbocycles. The highest BCUT2D eigenvalue weighted by Gasteiger charge is 2.17. The van der Waals surface area contributed by atoms with Crippen LogP contribution in [-0.4, -0.2) is 38.6 Å². The molecule has 0 aliphatic rings. The summed E-state index contributed by atoms with van der Waals surface area (Å²) in [7, 11) is 1.75. The molecule has 0 radical (unpaired) electrons. The van der Waals surface area contributed by atoms with Gasteiger partial charge in [-0.2, -0.15) is 0 Å². The van der Waals surface area contributed by atoms with Gasteiger partial charge in [0, 0.05) is 19.3 Å². The predicted molar refractivity (Wildman–Crippen MR) is 83.4 cm³/mol. The molecule has 0 spiro atoms. The minimum atomic E-state index is -0.444. The summed E-state index contributed by atoms with van der Waals surface area (Å²) in [5.74, 6) is -0.536. The zero-order valence-electron chi connectivity index (χ0n) is 12.8. The molecule has 116 valence electrons. The van der Waals surface area contributed by atoms with E-state index in [2.05, 4.69) is 5.32 Å². The van der Waals surface area contributed by atoms with Gasteiger partial charge in [-0.3, -0.25) is 4.79 Å². The molecule has 3 N–H and O–H groups in total. The zero-order chi connectivity index (χ0) is 15.8. The number of nitrogens with one attached hydrogen (secondary N) is 1. The van der Waals surface area contributed by atoms with Gasteiger partial charge in [0.1, 0.15) is 0 Å². The number of likely N-dealkylation sites (N-methyl/N-ethyl adjacent to an activating group) is 1. The minimum Gasteiger partial charge on any atom is -0.462 e. The van der Waals surface area contributed by atoms with Gasteiger partial charge in [-0.15, -0.1) is 0 Å². The number of hydrogen-bond donors (Lipinski definition) is 2. The van der Waals surface area contributed by atoms with Crippen molar-refractivity contribution in [3.05, 3.63) is 23.8 Å². The van der Waals surface area contributed by atoms with E-state index in [4.69, 9.17) is 10.5 Å². The molecular formula is C15H23N3O3. The Morgan fingerprint density at radius 2 is 2.05 bits per heavy atom. The molecular weight excluding hydrogens is 270 g/mol. The molecule has 0 atom stereocenters. The summed E-state index contributed by atoms with van der Waals surface area (Å²) >= 11 is 0. The summed E-state index contributed by atoms with van der Waals surface area (Å²) in [5, 5.41) is 2.80. The summed E-state index contributed by atoms with van der Waals surface area (Å²) in [6.45, 7) is 4.82. The predicted octanol–water partition coefficient (Wildman–Crippen LogP) is 1.41. The van der Waals surface area contributed by atoms with E-state index in [-0.39, 0.29) is 19.1 Å². The van der Waals surface area contributed by atoms with Crippen LogP contribution >= 0.6 is 0 Å².